The third kappa shape index (κ3) is 2.44. The Morgan fingerprint density at radius 3 is 2.87 bits per heavy atom. The molecule has 15 heavy (non-hydrogen) atoms. The maximum Gasteiger partial charge on any atom is 0.131 e. The Labute approximate surface area is 98.3 Å². The number of hydrogen-bond acceptors (Lipinski definition) is 3. The lowest BCUT2D eigenvalue weighted by atomic mass is 9.80. The minimum Gasteiger partial charge on any atom is -0.467 e. The van der Waals surface area contributed by atoms with Crippen LogP contribution in [0.4, 0.5) is 0 Å². The summed E-state index contributed by atoms with van der Waals surface area (Å²) in [6, 6.07) is 1.91. The van der Waals surface area contributed by atoms with Gasteiger partial charge in [-0.15, -0.1) is 0 Å². The summed E-state index contributed by atoms with van der Waals surface area (Å²) in [4.78, 5) is 0. The first-order chi connectivity index (χ1) is 7.26. The van der Waals surface area contributed by atoms with Crippen molar-refractivity contribution < 1.29 is 9.15 Å². The van der Waals surface area contributed by atoms with E-state index in [0.29, 0.717) is 0 Å². The normalized spacial score (nSPS) is 18.8. The quantitative estimate of drug-likeness (QED) is 0.896. The first-order valence-corrected chi connectivity index (χ1v) is 6.03. The zero-order valence-corrected chi connectivity index (χ0v) is 10.5. The van der Waals surface area contributed by atoms with E-state index in [0.717, 1.165) is 36.2 Å². The van der Waals surface area contributed by atoms with Gasteiger partial charge in [-0.1, -0.05) is 0 Å². The van der Waals surface area contributed by atoms with Gasteiger partial charge < -0.3 is 14.5 Å². The van der Waals surface area contributed by atoms with Gasteiger partial charge in [0, 0.05) is 13.7 Å². The van der Waals surface area contributed by atoms with Gasteiger partial charge in [0.05, 0.1) is 22.9 Å². The molecule has 1 heterocycles. The Balaban J connectivity index is 1.77. The fourth-order valence-electron chi connectivity index (χ4n) is 1.88. The molecule has 3 nitrogen and oxygen atoms in total. The molecule has 0 aliphatic heterocycles. The smallest absolute Gasteiger partial charge is 0.131 e. The van der Waals surface area contributed by atoms with Gasteiger partial charge in [-0.3, -0.25) is 0 Å². The predicted octanol–water partition coefficient (Wildman–Crippen LogP) is 2.70. The van der Waals surface area contributed by atoms with E-state index >= 15 is 0 Å². The third-order valence-corrected chi connectivity index (χ3v) is 3.83. The van der Waals surface area contributed by atoms with Gasteiger partial charge >= 0.3 is 0 Å². The minimum absolute atomic E-state index is 0.0824. The number of nitrogens with one attached hydrogen (secondary N) is 1. The molecule has 1 fully saturated rings. The number of ether oxygens (including phenoxy) is 1. The summed E-state index contributed by atoms with van der Waals surface area (Å²) in [5.74, 6) is 0.945. The van der Waals surface area contributed by atoms with Crippen molar-refractivity contribution in [3.05, 3.63) is 22.6 Å². The first kappa shape index (κ1) is 11.2. The van der Waals surface area contributed by atoms with Gasteiger partial charge in [0.15, 0.2) is 0 Å². The highest BCUT2D eigenvalue weighted by Gasteiger charge is 2.36. The van der Waals surface area contributed by atoms with Crippen LogP contribution in [-0.4, -0.2) is 19.3 Å². The summed E-state index contributed by atoms with van der Waals surface area (Å²) in [5.41, 5.74) is 0.0824. The Hall–Kier alpha value is -0.320. The van der Waals surface area contributed by atoms with E-state index in [1.807, 2.05) is 6.07 Å². The van der Waals surface area contributed by atoms with Crippen LogP contribution < -0.4 is 5.32 Å². The van der Waals surface area contributed by atoms with Gasteiger partial charge in [-0.2, -0.15) is 0 Å². The minimum atomic E-state index is 0.0824. The third-order valence-electron chi connectivity index (χ3n) is 3.12. The van der Waals surface area contributed by atoms with Crippen molar-refractivity contribution in [1.82, 2.24) is 5.32 Å². The SMILES string of the molecule is COC1(CNCc2occc2Br)CCC1. The van der Waals surface area contributed by atoms with E-state index in [9.17, 15) is 0 Å². The van der Waals surface area contributed by atoms with Crippen molar-refractivity contribution in [2.45, 2.75) is 31.4 Å². The molecule has 0 saturated heterocycles. The number of furan rings is 1. The molecule has 1 N–H and O–H groups in total. The number of hydrogen-bond donors (Lipinski definition) is 1. The maximum absolute atomic E-state index is 5.52. The van der Waals surface area contributed by atoms with Crippen LogP contribution in [0.25, 0.3) is 0 Å². The number of halogens is 1. The van der Waals surface area contributed by atoms with Crippen LogP contribution >= 0.6 is 15.9 Å². The largest absolute Gasteiger partial charge is 0.467 e. The Kier molecular flexibility index (Phi) is 3.49. The molecular formula is C11H16BrNO2. The van der Waals surface area contributed by atoms with Crippen LogP contribution in [0.15, 0.2) is 21.2 Å². The highest BCUT2D eigenvalue weighted by Crippen LogP contribution is 2.34. The molecule has 1 aliphatic rings. The molecule has 1 saturated carbocycles. The van der Waals surface area contributed by atoms with E-state index < -0.39 is 0 Å². The van der Waals surface area contributed by atoms with Crippen molar-refractivity contribution >= 4 is 15.9 Å². The molecule has 1 aromatic rings. The molecular weight excluding hydrogens is 258 g/mol. The van der Waals surface area contributed by atoms with Crippen LogP contribution in [0.3, 0.4) is 0 Å². The predicted molar refractivity (Wildman–Crippen MR) is 61.7 cm³/mol. The summed E-state index contributed by atoms with van der Waals surface area (Å²) in [7, 11) is 1.80. The topological polar surface area (TPSA) is 34.4 Å². The summed E-state index contributed by atoms with van der Waals surface area (Å²) in [6.45, 7) is 1.65. The maximum atomic E-state index is 5.52. The van der Waals surface area contributed by atoms with Crippen LogP contribution in [0.1, 0.15) is 25.0 Å². The van der Waals surface area contributed by atoms with Gasteiger partial charge in [0.2, 0.25) is 0 Å². The van der Waals surface area contributed by atoms with Crippen molar-refractivity contribution in [2.75, 3.05) is 13.7 Å². The standard InChI is InChI=1S/C11H16BrNO2/c1-14-11(4-2-5-11)8-13-7-10-9(12)3-6-15-10/h3,6,13H,2,4-5,7-8H2,1H3. The molecule has 0 radical (unpaired) electrons. The molecule has 0 amide bonds. The zero-order valence-electron chi connectivity index (χ0n) is 8.88. The second-order valence-corrected chi connectivity index (χ2v) is 4.89. The fourth-order valence-corrected chi connectivity index (χ4v) is 2.22. The second kappa shape index (κ2) is 4.68. The monoisotopic (exact) mass is 273 g/mol. The van der Waals surface area contributed by atoms with Gasteiger partial charge in [0.1, 0.15) is 5.76 Å². The Morgan fingerprint density at radius 2 is 2.40 bits per heavy atom. The lowest BCUT2D eigenvalue weighted by Gasteiger charge is -2.40. The number of rotatable bonds is 5. The Bertz CT molecular complexity index is 315. The molecule has 0 aromatic carbocycles. The van der Waals surface area contributed by atoms with Crippen molar-refractivity contribution in [2.24, 2.45) is 0 Å². The van der Waals surface area contributed by atoms with Crippen molar-refractivity contribution in [3.8, 4) is 0 Å². The molecule has 0 spiro atoms. The average Bonchev–Trinajstić information content (AvgIpc) is 2.57. The molecule has 84 valence electrons. The number of methoxy groups -OCH3 is 1. The van der Waals surface area contributed by atoms with E-state index in [1.54, 1.807) is 13.4 Å². The summed E-state index contributed by atoms with van der Waals surface area (Å²) >= 11 is 3.43. The summed E-state index contributed by atoms with van der Waals surface area (Å²) < 4.78 is 11.9. The lowest BCUT2D eigenvalue weighted by Crippen LogP contribution is -2.47. The molecule has 0 unspecified atom stereocenters. The molecule has 2 rings (SSSR count). The first-order valence-electron chi connectivity index (χ1n) is 5.23. The van der Waals surface area contributed by atoms with Gasteiger partial charge in [-0.05, 0) is 41.3 Å². The second-order valence-electron chi connectivity index (χ2n) is 4.04. The molecule has 1 aliphatic carbocycles. The van der Waals surface area contributed by atoms with Crippen LogP contribution in [0.2, 0.25) is 0 Å². The lowest BCUT2D eigenvalue weighted by molar-refractivity contribution is -0.0697. The van der Waals surface area contributed by atoms with E-state index in [1.165, 1.54) is 6.42 Å². The molecule has 4 heteroatoms. The summed E-state index contributed by atoms with van der Waals surface area (Å²) in [6.07, 6.45) is 5.29. The van der Waals surface area contributed by atoms with E-state index in [-0.39, 0.29) is 5.60 Å². The molecule has 0 bridgehead atoms. The van der Waals surface area contributed by atoms with E-state index in [4.69, 9.17) is 9.15 Å². The molecule has 0 atom stereocenters. The van der Waals surface area contributed by atoms with Gasteiger partial charge in [-0.25, -0.2) is 0 Å². The summed E-state index contributed by atoms with van der Waals surface area (Å²) in [5, 5.41) is 3.37. The highest BCUT2D eigenvalue weighted by molar-refractivity contribution is 9.10. The fraction of sp³-hybridized carbons (Fsp3) is 0.636. The van der Waals surface area contributed by atoms with Crippen molar-refractivity contribution in [3.63, 3.8) is 0 Å². The van der Waals surface area contributed by atoms with Crippen LogP contribution in [-0.2, 0) is 11.3 Å². The van der Waals surface area contributed by atoms with E-state index in [2.05, 4.69) is 21.2 Å². The molecule has 1 aromatic heterocycles. The van der Waals surface area contributed by atoms with Gasteiger partial charge in [0.25, 0.3) is 0 Å². The highest BCUT2D eigenvalue weighted by atomic mass is 79.9. The van der Waals surface area contributed by atoms with Crippen molar-refractivity contribution in [1.29, 1.82) is 0 Å². The zero-order chi connectivity index (χ0) is 10.7. The Morgan fingerprint density at radius 1 is 1.60 bits per heavy atom. The van der Waals surface area contributed by atoms with Crippen LogP contribution in [0.5, 0.6) is 0 Å². The van der Waals surface area contributed by atoms with Crippen LogP contribution in [0, 0.1) is 0 Å². The average molecular weight is 274 g/mol.